The van der Waals surface area contributed by atoms with Gasteiger partial charge in [-0.1, -0.05) is 63.8 Å². The summed E-state index contributed by atoms with van der Waals surface area (Å²) in [5.41, 5.74) is 1.06. The fourth-order valence-corrected chi connectivity index (χ4v) is 4.80. The van der Waals surface area contributed by atoms with Crippen LogP contribution < -0.4 is 10.6 Å². The van der Waals surface area contributed by atoms with E-state index in [4.69, 9.17) is 4.74 Å². The van der Waals surface area contributed by atoms with Crippen molar-refractivity contribution in [2.45, 2.75) is 124 Å². The van der Waals surface area contributed by atoms with Gasteiger partial charge in [0, 0.05) is 12.1 Å². The van der Waals surface area contributed by atoms with E-state index in [0.717, 1.165) is 36.8 Å². The van der Waals surface area contributed by atoms with Crippen molar-refractivity contribution in [1.29, 1.82) is 0 Å². The average molecular weight is 502 g/mol. The van der Waals surface area contributed by atoms with Crippen molar-refractivity contribution in [2.75, 3.05) is 0 Å². The molecule has 7 nitrogen and oxygen atoms in total. The van der Waals surface area contributed by atoms with Crippen molar-refractivity contribution in [3.05, 3.63) is 35.4 Å². The Morgan fingerprint density at radius 3 is 2.19 bits per heavy atom. The SMILES string of the molecule is CCC(C)C(NC(=O)OC(C)(C)C)C(=O)N(C(C)C)C(C(=O)NC1CCCCC1)c1ccccc1C. The van der Waals surface area contributed by atoms with Crippen LogP contribution in [0.15, 0.2) is 24.3 Å². The number of aryl methyl sites for hydroxylation is 1. The van der Waals surface area contributed by atoms with Gasteiger partial charge in [-0.2, -0.15) is 0 Å². The maximum Gasteiger partial charge on any atom is 0.408 e. The maximum absolute atomic E-state index is 14.2. The second-order valence-electron chi connectivity index (χ2n) is 11.5. The highest BCUT2D eigenvalue weighted by Crippen LogP contribution is 2.29. The quantitative estimate of drug-likeness (QED) is 0.457. The lowest BCUT2D eigenvalue weighted by Crippen LogP contribution is -2.57. The lowest BCUT2D eigenvalue weighted by Gasteiger charge is -2.39. The fraction of sp³-hybridized carbons (Fsp3) is 0.690. The largest absolute Gasteiger partial charge is 0.444 e. The number of rotatable bonds is 9. The summed E-state index contributed by atoms with van der Waals surface area (Å²) in [7, 11) is 0. The Morgan fingerprint density at radius 1 is 1.06 bits per heavy atom. The molecule has 1 aliphatic rings. The van der Waals surface area contributed by atoms with Crippen LogP contribution >= 0.6 is 0 Å². The molecule has 1 aromatic carbocycles. The summed E-state index contributed by atoms with van der Waals surface area (Å²) in [4.78, 5) is 42.4. The van der Waals surface area contributed by atoms with Crippen LogP contribution in [0.2, 0.25) is 0 Å². The number of carbonyl (C=O) groups excluding carboxylic acids is 3. The molecule has 0 radical (unpaired) electrons. The van der Waals surface area contributed by atoms with Crippen molar-refractivity contribution < 1.29 is 19.1 Å². The van der Waals surface area contributed by atoms with E-state index in [1.807, 2.05) is 58.9 Å². The molecule has 3 atom stereocenters. The third kappa shape index (κ3) is 8.24. The number of benzene rings is 1. The van der Waals surface area contributed by atoms with Crippen LogP contribution in [-0.4, -0.2) is 46.5 Å². The van der Waals surface area contributed by atoms with Crippen molar-refractivity contribution in [3.8, 4) is 0 Å². The smallest absolute Gasteiger partial charge is 0.408 e. The Morgan fingerprint density at radius 2 is 1.67 bits per heavy atom. The molecule has 2 N–H and O–H groups in total. The second-order valence-corrected chi connectivity index (χ2v) is 11.5. The van der Waals surface area contributed by atoms with E-state index in [-0.39, 0.29) is 29.8 Å². The van der Waals surface area contributed by atoms with Crippen LogP contribution in [0, 0.1) is 12.8 Å². The number of ether oxygens (including phenoxy) is 1. The summed E-state index contributed by atoms with van der Waals surface area (Å²) in [6.07, 6.45) is 5.35. The van der Waals surface area contributed by atoms with Crippen LogP contribution in [0.4, 0.5) is 4.79 Å². The van der Waals surface area contributed by atoms with Gasteiger partial charge in [-0.15, -0.1) is 0 Å². The lowest BCUT2D eigenvalue weighted by molar-refractivity contribution is -0.146. The second kappa shape index (κ2) is 13.1. The Balaban J connectivity index is 2.47. The Kier molecular flexibility index (Phi) is 10.8. The first-order valence-corrected chi connectivity index (χ1v) is 13.5. The summed E-state index contributed by atoms with van der Waals surface area (Å²) in [5.74, 6) is -0.596. The number of carbonyl (C=O) groups is 3. The van der Waals surface area contributed by atoms with Crippen molar-refractivity contribution in [3.63, 3.8) is 0 Å². The van der Waals surface area contributed by atoms with Crippen molar-refractivity contribution >= 4 is 17.9 Å². The number of nitrogens with zero attached hydrogens (tertiary/aromatic N) is 1. The van der Waals surface area contributed by atoms with Crippen molar-refractivity contribution in [2.24, 2.45) is 5.92 Å². The number of alkyl carbamates (subject to hydrolysis) is 1. The van der Waals surface area contributed by atoms with E-state index < -0.39 is 23.8 Å². The molecule has 1 aliphatic carbocycles. The molecule has 1 fully saturated rings. The van der Waals surface area contributed by atoms with E-state index in [2.05, 4.69) is 10.6 Å². The summed E-state index contributed by atoms with van der Waals surface area (Å²) < 4.78 is 5.47. The zero-order valence-electron chi connectivity index (χ0n) is 23.5. The van der Waals surface area contributed by atoms with Gasteiger partial charge < -0.3 is 20.3 Å². The van der Waals surface area contributed by atoms with E-state index in [1.165, 1.54) is 6.42 Å². The highest BCUT2D eigenvalue weighted by Gasteiger charge is 2.40. The molecule has 1 saturated carbocycles. The molecular weight excluding hydrogens is 454 g/mol. The molecule has 0 bridgehead atoms. The minimum absolute atomic E-state index is 0.118. The predicted octanol–water partition coefficient (Wildman–Crippen LogP) is 5.66. The monoisotopic (exact) mass is 501 g/mol. The average Bonchev–Trinajstić information content (AvgIpc) is 2.80. The summed E-state index contributed by atoms with van der Waals surface area (Å²) in [6.45, 7) is 15.1. The van der Waals surface area contributed by atoms with Crippen LogP contribution in [0.5, 0.6) is 0 Å². The van der Waals surface area contributed by atoms with Gasteiger partial charge in [-0.3, -0.25) is 9.59 Å². The van der Waals surface area contributed by atoms with Gasteiger partial charge in [-0.05, 0) is 71.4 Å². The van der Waals surface area contributed by atoms with E-state index in [9.17, 15) is 14.4 Å². The summed E-state index contributed by atoms with van der Waals surface area (Å²) in [6, 6.07) is 5.94. The van der Waals surface area contributed by atoms with Gasteiger partial charge in [0.15, 0.2) is 0 Å². The number of hydrogen-bond acceptors (Lipinski definition) is 4. The molecule has 0 aliphatic heterocycles. The highest BCUT2D eigenvalue weighted by atomic mass is 16.6. The first-order valence-electron chi connectivity index (χ1n) is 13.5. The van der Waals surface area contributed by atoms with E-state index >= 15 is 0 Å². The third-order valence-corrected chi connectivity index (χ3v) is 6.92. The molecule has 36 heavy (non-hydrogen) atoms. The topological polar surface area (TPSA) is 87.7 Å². The molecule has 0 spiro atoms. The van der Waals surface area contributed by atoms with Gasteiger partial charge in [-0.25, -0.2) is 4.79 Å². The van der Waals surface area contributed by atoms with Gasteiger partial charge >= 0.3 is 6.09 Å². The Hall–Kier alpha value is -2.57. The van der Waals surface area contributed by atoms with Crippen LogP contribution in [-0.2, 0) is 14.3 Å². The van der Waals surface area contributed by atoms with Gasteiger partial charge in [0.05, 0.1) is 0 Å². The molecule has 7 heteroatoms. The Bertz CT molecular complexity index is 887. The lowest BCUT2D eigenvalue weighted by atomic mass is 9.92. The maximum atomic E-state index is 14.2. The number of hydrogen-bond donors (Lipinski definition) is 2. The molecule has 1 aromatic rings. The molecular formula is C29H47N3O4. The van der Waals surface area contributed by atoms with Crippen molar-refractivity contribution in [1.82, 2.24) is 15.5 Å². The van der Waals surface area contributed by atoms with Crippen LogP contribution in [0.25, 0.3) is 0 Å². The van der Waals surface area contributed by atoms with Crippen LogP contribution in [0.1, 0.15) is 104 Å². The minimum atomic E-state index is -0.818. The normalized spacial score (nSPS) is 17.1. The van der Waals surface area contributed by atoms with E-state index in [1.54, 1.807) is 25.7 Å². The molecule has 0 saturated heterocycles. The van der Waals surface area contributed by atoms with Gasteiger partial charge in [0.25, 0.3) is 0 Å². The first-order chi connectivity index (χ1) is 16.9. The first kappa shape index (κ1) is 29.7. The standard InChI is InChI=1S/C29H47N3O4/c1-9-20(4)24(31-28(35)36-29(6,7)8)27(34)32(19(2)3)25(23-18-14-13-15-21(23)5)26(33)30-22-16-11-10-12-17-22/h13-15,18-20,22,24-25H,9-12,16-17H2,1-8H3,(H,30,33)(H,31,35). The highest BCUT2D eigenvalue weighted by molar-refractivity contribution is 5.92. The molecule has 3 amide bonds. The molecule has 0 heterocycles. The third-order valence-electron chi connectivity index (χ3n) is 6.92. The molecule has 2 rings (SSSR count). The fourth-order valence-electron chi connectivity index (χ4n) is 4.80. The Labute approximate surface area is 217 Å². The van der Waals surface area contributed by atoms with E-state index in [0.29, 0.717) is 6.42 Å². The number of amides is 3. The summed E-state index contributed by atoms with van der Waals surface area (Å²) >= 11 is 0. The summed E-state index contributed by atoms with van der Waals surface area (Å²) in [5, 5.41) is 6.06. The van der Waals surface area contributed by atoms with Gasteiger partial charge in [0.2, 0.25) is 11.8 Å². The number of nitrogens with one attached hydrogen (secondary N) is 2. The zero-order valence-corrected chi connectivity index (χ0v) is 23.5. The predicted molar refractivity (Wildman–Crippen MR) is 144 cm³/mol. The zero-order chi connectivity index (χ0) is 27.0. The minimum Gasteiger partial charge on any atom is -0.444 e. The van der Waals surface area contributed by atoms with Crippen LogP contribution in [0.3, 0.4) is 0 Å². The molecule has 3 unspecified atom stereocenters. The molecule has 202 valence electrons. The van der Waals surface area contributed by atoms with Gasteiger partial charge in [0.1, 0.15) is 17.7 Å². The molecule has 0 aromatic heterocycles.